The van der Waals surface area contributed by atoms with Crippen molar-refractivity contribution in [3.05, 3.63) is 46.0 Å². The number of nitrogens with one attached hydrogen (secondary N) is 1. The van der Waals surface area contributed by atoms with Crippen molar-refractivity contribution in [3.63, 3.8) is 0 Å². The molecule has 1 aromatic rings. The molecule has 0 radical (unpaired) electrons. The van der Waals surface area contributed by atoms with Gasteiger partial charge in [0.05, 0.1) is 4.92 Å². The van der Waals surface area contributed by atoms with Gasteiger partial charge in [-0.15, -0.1) is 0 Å². The zero-order valence-electron chi connectivity index (χ0n) is 9.56. The Hall–Kier alpha value is -1.84. The zero-order valence-corrected chi connectivity index (χ0v) is 9.56. The number of anilines is 1. The first kappa shape index (κ1) is 12.2. The number of rotatable bonds is 5. The molecular formula is C12H16N2O2. The number of nitro groups is 1. The van der Waals surface area contributed by atoms with Gasteiger partial charge in [0.1, 0.15) is 5.69 Å². The number of para-hydroxylation sites is 2. The van der Waals surface area contributed by atoms with Crippen molar-refractivity contribution in [1.29, 1.82) is 0 Å². The fourth-order valence-corrected chi connectivity index (χ4v) is 1.42. The van der Waals surface area contributed by atoms with Gasteiger partial charge in [0.2, 0.25) is 0 Å². The maximum Gasteiger partial charge on any atom is 0.292 e. The Morgan fingerprint density at radius 3 is 2.75 bits per heavy atom. The van der Waals surface area contributed by atoms with E-state index >= 15 is 0 Å². The van der Waals surface area contributed by atoms with E-state index in [1.807, 2.05) is 13.0 Å². The molecule has 0 fully saturated rings. The number of allylic oxidation sites excluding steroid dienone is 1. The monoisotopic (exact) mass is 220 g/mol. The first-order valence-corrected chi connectivity index (χ1v) is 5.30. The van der Waals surface area contributed by atoms with Crippen molar-refractivity contribution in [2.45, 2.75) is 20.3 Å². The lowest BCUT2D eigenvalue weighted by atomic mass is 10.2. The van der Waals surface area contributed by atoms with Crippen LogP contribution in [-0.2, 0) is 0 Å². The van der Waals surface area contributed by atoms with Crippen LogP contribution in [0.3, 0.4) is 0 Å². The molecule has 86 valence electrons. The van der Waals surface area contributed by atoms with Crippen LogP contribution in [0.15, 0.2) is 35.9 Å². The summed E-state index contributed by atoms with van der Waals surface area (Å²) in [6.07, 6.45) is 2.98. The summed E-state index contributed by atoms with van der Waals surface area (Å²) in [6.45, 7) is 4.69. The molecule has 0 saturated heterocycles. The first-order chi connectivity index (χ1) is 7.69. The van der Waals surface area contributed by atoms with Gasteiger partial charge in [-0.25, -0.2) is 0 Å². The first-order valence-electron chi connectivity index (χ1n) is 5.30. The highest BCUT2D eigenvalue weighted by Crippen LogP contribution is 2.23. The minimum Gasteiger partial charge on any atom is -0.376 e. The topological polar surface area (TPSA) is 55.2 Å². The fourth-order valence-electron chi connectivity index (χ4n) is 1.42. The second-order valence-corrected chi connectivity index (χ2v) is 3.43. The molecule has 0 aliphatic carbocycles. The molecule has 1 N–H and O–H groups in total. The Kier molecular flexibility index (Phi) is 4.51. The largest absolute Gasteiger partial charge is 0.376 e. The van der Waals surface area contributed by atoms with Crippen LogP contribution >= 0.6 is 0 Å². The van der Waals surface area contributed by atoms with E-state index in [4.69, 9.17) is 0 Å². The van der Waals surface area contributed by atoms with Crippen LogP contribution in [0.1, 0.15) is 20.3 Å². The summed E-state index contributed by atoms with van der Waals surface area (Å²) >= 11 is 0. The maximum absolute atomic E-state index is 10.8. The average Bonchev–Trinajstić information content (AvgIpc) is 2.30. The van der Waals surface area contributed by atoms with Gasteiger partial charge >= 0.3 is 0 Å². The Labute approximate surface area is 95.1 Å². The van der Waals surface area contributed by atoms with Crippen LogP contribution in [0.5, 0.6) is 0 Å². The molecule has 0 unspecified atom stereocenters. The molecule has 0 aromatic heterocycles. The van der Waals surface area contributed by atoms with E-state index in [2.05, 4.69) is 12.2 Å². The van der Waals surface area contributed by atoms with Crippen molar-refractivity contribution in [2.75, 3.05) is 11.9 Å². The quantitative estimate of drug-likeness (QED) is 0.470. The van der Waals surface area contributed by atoms with Crippen molar-refractivity contribution in [2.24, 2.45) is 0 Å². The molecule has 0 aliphatic rings. The fraction of sp³-hybridized carbons (Fsp3) is 0.333. The van der Waals surface area contributed by atoms with Crippen LogP contribution in [0.2, 0.25) is 0 Å². The standard InChI is InChI=1S/C12H16N2O2/c1-3-10(4-2)9-13-11-7-5-6-8-12(11)14(15)16/h3,5-8,13H,4,9H2,1-2H3/b10-3+. The van der Waals surface area contributed by atoms with Crippen LogP contribution in [0.4, 0.5) is 11.4 Å². The molecule has 0 aliphatic heterocycles. The van der Waals surface area contributed by atoms with Gasteiger partial charge in [0, 0.05) is 12.6 Å². The number of benzene rings is 1. The lowest BCUT2D eigenvalue weighted by molar-refractivity contribution is -0.383. The molecule has 0 atom stereocenters. The zero-order chi connectivity index (χ0) is 12.0. The Bertz CT molecular complexity index is 400. The van der Waals surface area contributed by atoms with Crippen molar-refractivity contribution in [3.8, 4) is 0 Å². The second kappa shape index (κ2) is 5.90. The summed E-state index contributed by atoms with van der Waals surface area (Å²) in [5, 5.41) is 13.8. The molecule has 0 heterocycles. The molecule has 0 saturated carbocycles. The minimum atomic E-state index is -0.371. The molecule has 0 bridgehead atoms. The third-order valence-electron chi connectivity index (χ3n) is 2.47. The van der Waals surface area contributed by atoms with Crippen molar-refractivity contribution in [1.82, 2.24) is 0 Å². The predicted molar refractivity (Wildman–Crippen MR) is 65.6 cm³/mol. The van der Waals surface area contributed by atoms with Crippen LogP contribution < -0.4 is 5.32 Å². The highest BCUT2D eigenvalue weighted by molar-refractivity contribution is 5.61. The number of nitro benzene ring substituents is 1. The smallest absolute Gasteiger partial charge is 0.292 e. The molecule has 1 rings (SSSR count). The van der Waals surface area contributed by atoms with Gasteiger partial charge in [-0.1, -0.05) is 30.7 Å². The lowest BCUT2D eigenvalue weighted by Crippen LogP contribution is -2.06. The summed E-state index contributed by atoms with van der Waals surface area (Å²) in [4.78, 5) is 10.4. The van der Waals surface area contributed by atoms with E-state index in [0.29, 0.717) is 12.2 Å². The van der Waals surface area contributed by atoms with E-state index in [1.165, 1.54) is 11.6 Å². The van der Waals surface area contributed by atoms with Crippen LogP contribution in [-0.4, -0.2) is 11.5 Å². The summed E-state index contributed by atoms with van der Waals surface area (Å²) < 4.78 is 0. The van der Waals surface area contributed by atoms with Gasteiger partial charge < -0.3 is 5.32 Å². The van der Waals surface area contributed by atoms with E-state index < -0.39 is 0 Å². The third kappa shape index (κ3) is 3.08. The predicted octanol–water partition coefficient (Wildman–Crippen LogP) is 3.36. The minimum absolute atomic E-state index is 0.119. The van der Waals surface area contributed by atoms with Gasteiger partial charge in [-0.05, 0) is 19.4 Å². The van der Waals surface area contributed by atoms with Crippen molar-refractivity contribution >= 4 is 11.4 Å². The highest BCUT2D eigenvalue weighted by atomic mass is 16.6. The normalized spacial score (nSPS) is 11.2. The van der Waals surface area contributed by atoms with Gasteiger partial charge in [-0.3, -0.25) is 10.1 Å². The molecule has 0 amide bonds. The second-order valence-electron chi connectivity index (χ2n) is 3.43. The van der Waals surface area contributed by atoms with Gasteiger partial charge in [0.25, 0.3) is 5.69 Å². The number of hydrogen-bond donors (Lipinski definition) is 1. The molecular weight excluding hydrogens is 204 g/mol. The Morgan fingerprint density at radius 2 is 2.19 bits per heavy atom. The summed E-state index contributed by atoms with van der Waals surface area (Å²) in [5.41, 5.74) is 1.92. The van der Waals surface area contributed by atoms with Crippen LogP contribution in [0, 0.1) is 10.1 Å². The number of nitrogens with zero attached hydrogens (tertiary/aromatic N) is 1. The van der Waals surface area contributed by atoms with E-state index in [9.17, 15) is 10.1 Å². The summed E-state index contributed by atoms with van der Waals surface area (Å²) in [6, 6.07) is 6.68. The Morgan fingerprint density at radius 1 is 1.50 bits per heavy atom. The number of hydrogen-bond acceptors (Lipinski definition) is 3. The lowest BCUT2D eigenvalue weighted by Gasteiger charge is -2.08. The summed E-state index contributed by atoms with van der Waals surface area (Å²) in [5.74, 6) is 0. The summed E-state index contributed by atoms with van der Waals surface area (Å²) in [7, 11) is 0. The van der Waals surface area contributed by atoms with Crippen molar-refractivity contribution < 1.29 is 4.92 Å². The van der Waals surface area contributed by atoms with E-state index in [0.717, 1.165) is 6.42 Å². The molecule has 1 aromatic carbocycles. The van der Waals surface area contributed by atoms with Crippen LogP contribution in [0.25, 0.3) is 0 Å². The highest BCUT2D eigenvalue weighted by Gasteiger charge is 2.11. The van der Waals surface area contributed by atoms with Gasteiger partial charge in [0.15, 0.2) is 0 Å². The SMILES string of the molecule is C/C=C(\CC)CNc1ccccc1[N+](=O)[O-]. The molecule has 4 heteroatoms. The van der Waals surface area contributed by atoms with E-state index in [1.54, 1.807) is 18.2 Å². The molecule has 0 spiro atoms. The third-order valence-corrected chi connectivity index (χ3v) is 2.47. The average molecular weight is 220 g/mol. The van der Waals surface area contributed by atoms with Gasteiger partial charge in [-0.2, -0.15) is 0 Å². The Balaban J connectivity index is 2.77. The van der Waals surface area contributed by atoms with E-state index in [-0.39, 0.29) is 10.6 Å². The molecule has 4 nitrogen and oxygen atoms in total. The maximum atomic E-state index is 10.8. The molecule has 16 heavy (non-hydrogen) atoms.